The lowest BCUT2D eigenvalue weighted by molar-refractivity contribution is -0.118. The van der Waals surface area contributed by atoms with Crippen molar-refractivity contribution in [2.45, 2.75) is 19.3 Å². The maximum Gasteiger partial charge on any atom is 0.228 e. The number of nitrogen functional groups attached to an aromatic ring is 1. The maximum absolute atomic E-state index is 12.1. The molecule has 0 heterocycles. The summed E-state index contributed by atoms with van der Waals surface area (Å²) in [6, 6.07) is 5.45. The summed E-state index contributed by atoms with van der Waals surface area (Å²) in [5, 5.41) is 2.99. The van der Waals surface area contributed by atoms with Crippen molar-refractivity contribution >= 4 is 33.2 Å². The fourth-order valence-corrected chi connectivity index (χ4v) is 3.55. The monoisotopic (exact) mass is 294 g/mol. The van der Waals surface area contributed by atoms with Gasteiger partial charge >= 0.3 is 0 Å². The zero-order chi connectivity index (χ0) is 12.0. The topological polar surface area (TPSA) is 55.1 Å². The first-order valence-electron chi connectivity index (χ1n) is 6.02. The van der Waals surface area contributed by atoms with Gasteiger partial charge in [0.1, 0.15) is 0 Å². The van der Waals surface area contributed by atoms with E-state index in [-0.39, 0.29) is 11.8 Å². The van der Waals surface area contributed by atoms with Crippen LogP contribution in [0.25, 0.3) is 0 Å². The van der Waals surface area contributed by atoms with Gasteiger partial charge in [-0.25, -0.2) is 0 Å². The molecule has 0 bridgehead atoms. The summed E-state index contributed by atoms with van der Waals surface area (Å²) in [6.45, 7) is 0. The highest BCUT2D eigenvalue weighted by Crippen LogP contribution is 2.57. The van der Waals surface area contributed by atoms with Crippen molar-refractivity contribution in [2.24, 2.45) is 17.8 Å². The maximum atomic E-state index is 12.1. The summed E-state index contributed by atoms with van der Waals surface area (Å²) in [5.74, 6) is 1.74. The molecule has 2 saturated carbocycles. The number of halogens is 1. The molecule has 1 aromatic carbocycles. The number of fused-ring (bicyclic) bond motifs is 1. The second-order valence-electron chi connectivity index (χ2n) is 5.01. The zero-order valence-corrected chi connectivity index (χ0v) is 11.0. The Kier molecular flexibility index (Phi) is 2.62. The van der Waals surface area contributed by atoms with E-state index >= 15 is 0 Å². The van der Waals surface area contributed by atoms with Crippen molar-refractivity contribution in [3.8, 4) is 0 Å². The molecule has 0 aliphatic heterocycles. The van der Waals surface area contributed by atoms with E-state index in [0.717, 1.165) is 10.2 Å². The SMILES string of the molecule is Nc1ccc(NC(=O)C2C3CCCC32)c(Br)c1. The highest BCUT2D eigenvalue weighted by atomic mass is 79.9. The molecule has 17 heavy (non-hydrogen) atoms. The second-order valence-corrected chi connectivity index (χ2v) is 5.87. The summed E-state index contributed by atoms with van der Waals surface area (Å²) >= 11 is 3.41. The Morgan fingerprint density at radius 1 is 1.35 bits per heavy atom. The fourth-order valence-electron chi connectivity index (χ4n) is 3.06. The van der Waals surface area contributed by atoms with Crippen LogP contribution in [0.15, 0.2) is 22.7 Å². The average molecular weight is 295 g/mol. The van der Waals surface area contributed by atoms with E-state index in [0.29, 0.717) is 17.5 Å². The summed E-state index contributed by atoms with van der Waals surface area (Å²) in [7, 11) is 0. The van der Waals surface area contributed by atoms with Crippen LogP contribution in [0.3, 0.4) is 0 Å². The molecule has 3 N–H and O–H groups in total. The predicted molar refractivity (Wildman–Crippen MR) is 71.5 cm³/mol. The largest absolute Gasteiger partial charge is 0.399 e. The van der Waals surface area contributed by atoms with Crippen LogP contribution in [0.1, 0.15) is 19.3 Å². The van der Waals surface area contributed by atoms with Gasteiger partial charge in [0.2, 0.25) is 5.91 Å². The van der Waals surface area contributed by atoms with Crippen LogP contribution in [0.4, 0.5) is 11.4 Å². The van der Waals surface area contributed by atoms with Crippen molar-refractivity contribution in [3.05, 3.63) is 22.7 Å². The number of nitrogens with two attached hydrogens (primary N) is 1. The first-order valence-corrected chi connectivity index (χ1v) is 6.82. The molecule has 1 aromatic rings. The van der Waals surface area contributed by atoms with Crippen molar-refractivity contribution in [3.63, 3.8) is 0 Å². The Morgan fingerprint density at radius 3 is 2.71 bits per heavy atom. The van der Waals surface area contributed by atoms with E-state index in [1.807, 2.05) is 12.1 Å². The van der Waals surface area contributed by atoms with Crippen LogP contribution >= 0.6 is 15.9 Å². The number of amides is 1. The van der Waals surface area contributed by atoms with E-state index in [9.17, 15) is 4.79 Å². The molecule has 2 unspecified atom stereocenters. The molecule has 0 spiro atoms. The molecule has 0 aromatic heterocycles. The third-order valence-corrected chi connectivity index (χ3v) is 4.62. The molecule has 90 valence electrons. The molecule has 1 amide bonds. The highest BCUT2D eigenvalue weighted by molar-refractivity contribution is 9.10. The standard InChI is InChI=1S/C13H15BrN2O/c14-10-6-7(15)4-5-11(10)16-13(17)12-8-2-1-3-9(8)12/h4-6,8-9,12H,1-3,15H2,(H,16,17). The smallest absolute Gasteiger partial charge is 0.228 e. The number of rotatable bonds is 2. The predicted octanol–water partition coefficient (Wildman–Crippen LogP) is 3.02. The summed E-state index contributed by atoms with van der Waals surface area (Å²) < 4.78 is 0.844. The van der Waals surface area contributed by atoms with Gasteiger partial charge in [0.05, 0.1) is 5.69 Å². The van der Waals surface area contributed by atoms with E-state index in [1.165, 1.54) is 19.3 Å². The van der Waals surface area contributed by atoms with Crippen molar-refractivity contribution < 1.29 is 4.79 Å². The number of hydrogen-bond acceptors (Lipinski definition) is 2. The van der Waals surface area contributed by atoms with Crippen LogP contribution in [-0.2, 0) is 4.79 Å². The molecule has 2 atom stereocenters. The average Bonchev–Trinajstić information content (AvgIpc) is 2.77. The fraction of sp³-hybridized carbons (Fsp3) is 0.462. The number of carbonyl (C=O) groups excluding carboxylic acids is 1. The minimum atomic E-state index is 0.171. The number of nitrogens with one attached hydrogen (secondary N) is 1. The van der Waals surface area contributed by atoms with Crippen LogP contribution in [0.5, 0.6) is 0 Å². The molecule has 2 fully saturated rings. The van der Waals surface area contributed by atoms with E-state index in [4.69, 9.17) is 5.73 Å². The van der Waals surface area contributed by atoms with E-state index in [1.54, 1.807) is 6.07 Å². The van der Waals surface area contributed by atoms with Gasteiger partial charge in [-0.3, -0.25) is 4.79 Å². The second kappa shape index (κ2) is 4.02. The Balaban J connectivity index is 1.69. The van der Waals surface area contributed by atoms with Gasteiger partial charge in [-0.15, -0.1) is 0 Å². The van der Waals surface area contributed by atoms with Crippen LogP contribution < -0.4 is 11.1 Å². The van der Waals surface area contributed by atoms with E-state index in [2.05, 4.69) is 21.2 Å². The Labute approximate surface area is 109 Å². The third kappa shape index (κ3) is 1.95. The molecular weight excluding hydrogens is 280 g/mol. The number of benzene rings is 1. The van der Waals surface area contributed by atoms with Crippen LogP contribution in [0, 0.1) is 17.8 Å². The number of hydrogen-bond donors (Lipinski definition) is 2. The number of carbonyl (C=O) groups is 1. The molecular formula is C13H15BrN2O. The lowest BCUT2D eigenvalue weighted by Gasteiger charge is -2.09. The number of anilines is 2. The normalized spacial score (nSPS) is 29.8. The van der Waals surface area contributed by atoms with Crippen LogP contribution in [0.2, 0.25) is 0 Å². The Bertz CT molecular complexity index is 464. The van der Waals surface area contributed by atoms with Gasteiger partial charge in [0.15, 0.2) is 0 Å². The van der Waals surface area contributed by atoms with Crippen LogP contribution in [-0.4, -0.2) is 5.91 Å². The summed E-state index contributed by atoms with van der Waals surface area (Å²) in [5.41, 5.74) is 7.17. The first-order chi connectivity index (χ1) is 8.16. The van der Waals surface area contributed by atoms with Crippen molar-refractivity contribution in [1.82, 2.24) is 0 Å². The van der Waals surface area contributed by atoms with Gasteiger partial charge in [0.25, 0.3) is 0 Å². The molecule has 4 heteroatoms. The quantitative estimate of drug-likeness (QED) is 0.824. The lowest BCUT2D eigenvalue weighted by Crippen LogP contribution is -2.16. The highest BCUT2D eigenvalue weighted by Gasteiger charge is 2.56. The van der Waals surface area contributed by atoms with E-state index < -0.39 is 0 Å². The molecule has 3 nitrogen and oxygen atoms in total. The van der Waals surface area contributed by atoms with Gasteiger partial charge in [-0.2, -0.15) is 0 Å². The van der Waals surface area contributed by atoms with Crippen molar-refractivity contribution in [2.75, 3.05) is 11.1 Å². The Hall–Kier alpha value is -1.03. The molecule has 2 aliphatic rings. The lowest BCUT2D eigenvalue weighted by atomic mass is 10.1. The zero-order valence-electron chi connectivity index (χ0n) is 9.45. The molecule has 3 rings (SSSR count). The molecule has 0 saturated heterocycles. The first kappa shape index (κ1) is 11.1. The van der Waals surface area contributed by atoms with Gasteiger partial charge in [-0.1, -0.05) is 6.42 Å². The van der Waals surface area contributed by atoms with Crippen molar-refractivity contribution in [1.29, 1.82) is 0 Å². The molecule has 0 radical (unpaired) electrons. The summed E-state index contributed by atoms with van der Waals surface area (Å²) in [4.78, 5) is 12.1. The third-order valence-electron chi connectivity index (χ3n) is 3.96. The van der Waals surface area contributed by atoms with Gasteiger partial charge in [-0.05, 0) is 58.8 Å². The molecule has 2 aliphatic carbocycles. The van der Waals surface area contributed by atoms with Gasteiger partial charge in [0, 0.05) is 16.1 Å². The minimum absolute atomic E-state index is 0.171. The van der Waals surface area contributed by atoms with Gasteiger partial charge < -0.3 is 11.1 Å². The Morgan fingerprint density at radius 2 is 2.06 bits per heavy atom. The summed E-state index contributed by atoms with van der Waals surface area (Å²) in [6.07, 6.45) is 3.75. The minimum Gasteiger partial charge on any atom is -0.399 e.